The fourth-order valence-corrected chi connectivity index (χ4v) is 1.79. The fourth-order valence-electron chi connectivity index (χ4n) is 1.79. The maximum Gasteiger partial charge on any atom is 0.220 e. The van der Waals surface area contributed by atoms with Crippen LogP contribution in [0.1, 0.15) is 38.2 Å². The van der Waals surface area contributed by atoms with Crippen molar-refractivity contribution in [1.29, 1.82) is 0 Å². The van der Waals surface area contributed by atoms with Gasteiger partial charge in [0.15, 0.2) is 0 Å². The highest BCUT2D eigenvalue weighted by molar-refractivity contribution is 5.75. The van der Waals surface area contributed by atoms with Gasteiger partial charge in [-0.15, -0.1) is 0 Å². The highest BCUT2D eigenvalue weighted by Crippen LogP contribution is 2.04. The number of benzene rings is 1. The van der Waals surface area contributed by atoms with E-state index in [0.717, 1.165) is 24.8 Å². The second-order valence-electron chi connectivity index (χ2n) is 4.70. The molecule has 0 aliphatic carbocycles. The summed E-state index contributed by atoms with van der Waals surface area (Å²) in [6.07, 6.45) is 3.01. The topological polar surface area (TPSA) is 58.2 Å². The average molecular weight is 280 g/mol. The zero-order valence-electron chi connectivity index (χ0n) is 11.7. The number of halogens is 1. The first kappa shape index (κ1) is 16.1. The van der Waals surface area contributed by atoms with Crippen molar-refractivity contribution in [3.05, 3.63) is 35.6 Å². The Balaban J connectivity index is 2.07. The standard InChI is InChI=1S/C15H21FN2O2/c1-12(19)17-9-4-2-3-8-15(20)18-11-13-6-5-7-14(16)10-13/h5-7,10H,2-4,8-9,11H2,1H3,(H,17,19)(H,18,20). The Hall–Kier alpha value is -1.91. The lowest BCUT2D eigenvalue weighted by molar-refractivity contribution is -0.121. The second-order valence-corrected chi connectivity index (χ2v) is 4.70. The predicted molar refractivity (Wildman–Crippen MR) is 75.4 cm³/mol. The van der Waals surface area contributed by atoms with Gasteiger partial charge in [-0.25, -0.2) is 4.39 Å². The van der Waals surface area contributed by atoms with Crippen LogP contribution in [0.3, 0.4) is 0 Å². The molecule has 1 aromatic rings. The summed E-state index contributed by atoms with van der Waals surface area (Å²) < 4.78 is 12.9. The Bertz CT molecular complexity index is 449. The van der Waals surface area contributed by atoms with Gasteiger partial charge in [0.2, 0.25) is 11.8 Å². The number of amides is 2. The van der Waals surface area contributed by atoms with Crippen LogP contribution in [0.4, 0.5) is 4.39 Å². The van der Waals surface area contributed by atoms with Crippen molar-refractivity contribution in [1.82, 2.24) is 10.6 Å². The summed E-state index contributed by atoms with van der Waals surface area (Å²) in [6, 6.07) is 6.18. The lowest BCUT2D eigenvalue weighted by Crippen LogP contribution is -2.23. The van der Waals surface area contributed by atoms with Crippen molar-refractivity contribution in [3.8, 4) is 0 Å². The van der Waals surface area contributed by atoms with Gasteiger partial charge in [0.25, 0.3) is 0 Å². The molecule has 0 bridgehead atoms. The molecule has 0 saturated heterocycles. The molecule has 1 aromatic carbocycles. The van der Waals surface area contributed by atoms with Crippen molar-refractivity contribution in [3.63, 3.8) is 0 Å². The van der Waals surface area contributed by atoms with Crippen molar-refractivity contribution < 1.29 is 14.0 Å². The molecular weight excluding hydrogens is 259 g/mol. The summed E-state index contributed by atoms with van der Waals surface area (Å²) in [4.78, 5) is 22.2. The first-order valence-corrected chi connectivity index (χ1v) is 6.83. The molecule has 0 aliphatic heterocycles. The molecule has 110 valence electrons. The number of hydrogen-bond donors (Lipinski definition) is 2. The third-order valence-corrected chi connectivity index (χ3v) is 2.83. The Morgan fingerprint density at radius 2 is 1.95 bits per heavy atom. The van der Waals surface area contributed by atoms with Crippen molar-refractivity contribution in [2.45, 2.75) is 39.2 Å². The molecule has 0 aromatic heterocycles. The summed E-state index contributed by atoms with van der Waals surface area (Å²) in [5, 5.41) is 5.47. The van der Waals surface area contributed by atoms with E-state index in [9.17, 15) is 14.0 Å². The maximum absolute atomic E-state index is 12.9. The van der Waals surface area contributed by atoms with Crippen LogP contribution in [0.5, 0.6) is 0 Å². The van der Waals surface area contributed by atoms with Gasteiger partial charge in [-0.1, -0.05) is 18.6 Å². The molecule has 0 fully saturated rings. The molecule has 5 heteroatoms. The molecule has 1 rings (SSSR count). The van der Waals surface area contributed by atoms with E-state index in [-0.39, 0.29) is 17.6 Å². The summed E-state index contributed by atoms with van der Waals surface area (Å²) in [7, 11) is 0. The zero-order chi connectivity index (χ0) is 14.8. The third kappa shape index (κ3) is 7.51. The van der Waals surface area contributed by atoms with Gasteiger partial charge in [-0.2, -0.15) is 0 Å². The smallest absolute Gasteiger partial charge is 0.220 e. The second kappa shape index (κ2) is 9.07. The normalized spacial score (nSPS) is 10.1. The van der Waals surface area contributed by atoms with Gasteiger partial charge in [0.1, 0.15) is 5.82 Å². The van der Waals surface area contributed by atoms with E-state index in [2.05, 4.69) is 10.6 Å². The van der Waals surface area contributed by atoms with Crippen molar-refractivity contribution in [2.75, 3.05) is 6.54 Å². The van der Waals surface area contributed by atoms with E-state index in [1.165, 1.54) is 19.1 Å². The highest BCUT2D eigenvalue weighted by Gasteiger charge is 2.02. The molecule has 20 heavy (non-hydrogen) atoms. The van der Waals surface area contributed by atoms with Gasteiger partial charge in [-0.3, -0.25) is 9.59 Å². The van der Waals surface area contributed by atoms with Gasteiger partial charge in [0, 0.05) is 26.4 Å². The van der Waals surface area contributed by atoms with E-state index in [0.29, 0.717) is 19.5 Å². The highest BCUT2D eigenvalue weighted by atomic mass is 19.1. The maximum atomic E-state index is 12.9. The van der Waals surface area contributed by atoms with Crippen LogP contribution in [0.25, 0.3) is 0 Å². The number of nitrogens with one attached hydrogen (secondary N) is 2. The van der Waals surface area contributed by atoms with Crippen molar-refractivity contribution in [2.24, 2.45) is 0 Å². The molecule has 0 aliphatic rings. The zero-order valence-corrected chi connectivity index (χ0v) is 11.7. The minimum absolute atomic E-state index is 0.0298. The number of carbonyl (C=O) groups is 2. The minimum atomic E-state index is -0.297. The minimum Gasteiger partial charge on any atom is -0.356 e. The molecule has 0 unspecified atom stereocenters. The predicted octanol–water partition coefficient (Wildman–Crippen LogP) is 2.14. The van der Waals surface area contributed by atoms with E-state index >= 15 is 0 Å². The molecule has 0 saturated carbocycles. The Morgan fingerprint density at radius 1 is 1.15 bits per heavy atom. The van der Waals surface area contributed by atoms with Crippen molar-refractivity contribution >= 4 is 11.8 Å². The van der Waals surface area contributed by atoms with Gasteiger partial charge >= 0.3 is 0 Å². The number of unbranched alkanes of at least 4 members (excludes halogenated alkanes) is 2. The molecule has 2 amide bonds. The third-order valence-electron chi connectivity index (χ3n) is 2.83. The summed E-state index contributed by atoms with van der Waals surface area (Å²) >= 11 is 0. The first-order chi connectivity index (χ1) is 9.58. The van der Waals surface area contributed by atoms with E-state index in [1.54, 1.807) is 12.1 Å². The average Bonchev–Trinajstić information content (AvgIpc) is 2.40. The molecule has 2 N–H and O–H groups in total. The molecule has 0 heterocycles. The molecule has 0 radical (unpaired) electrons. The fraction of sp³-hybridized carbons (Fsp3) is 0.467. The lowest BCUT2D eigenvalue weighted by atomic mass is 10.1. The van der Waals surface area contributed by atoms with Gasteiger partial charge < -0.3 is 10.6 Å². The van der Waals surface area contributed by atoms with E-state index in [4.69, 9.17) is 0 Å². The number of carbonyl (C=O) groups excluding carboxylic acids is 2. The monoisotopic (exact) mass is 280 g/mol. The largest absolute Gasteiger partial charge is 0.356 e. The van der Waals surface area contributed by atoms with E-state index in [1.807, 2.05) is 0 Å². The van der Waals surface area contributed by atoms with Crippen LogP contribution in [0, 0.1) is 5.82 Å². The van der Waals surface area contributed by atoms with Gasteiger partial charge in [-0.05, 0) is 30.5 Å². The van der Waals surface area contributed by atoms with Crippen LogP contribution >= 0.6 is 0 Å². The van der Waals surface area contributed by atoms with Crippen LogP contribution < -0.4 is 10.6 Å². The molecule has 4 nitrogen and oxygen atoms in total. The SMILES string of the molecule is CC(=O)NCCCCCC(=O)NCc1cccc(F)c1. The quantitative estimate of drug-likeness (QED) is 0.717. The van der Waals surface area contributed by atoms with Crippen LogP contribution in [0.2, 0.25) is 0 Å². The summed E-state index contributed by atoms with van der Waals surface area (Å²) in [6.45, 7) is 2.49. The first-order valence-electron chi connectivity index (χ1n) is 6.83. The lowest BCUT2D eigenvalue weighted by Gasteiger charge is -2.06. The van der Waals surface area contributed by atoms with Crippen LogP contribution in [0.15, 0.2) is 24.3 Å². The molecule has 0 atom stereocenters. The Kier molecular flexibility index (Phi) is 7.32. The summed E-state index contributed by atoms with van der Waals surface area (Å²) in [5.74, 6) is -0.360. The van der Waals surface area contributed by atoms with Crippen LogP contribution in [-0.2, 0) is 16.1 Å². The van der Waals surface area contributed by atoms with Gasteiger partial charge in [0.05, 0.1) is 0 Å². The number of hydrogen-bond acceptors (Lipinski definition) is 2. The van der Waals surface area contributed by atoms with E-state index < -0.39 is 0 Å². The Morgan fingerprint density at radius 3 is 2.65 bits per heavy atom. The Labute approximate surface area is 118 Å². The molecular formula is C15H21FN2O2. The summed E-state index contributed by atoms with van der Waals surface area (Å²) in [5.41, 5.74) is 0.754. The molecule has 0 spiro atoms. The number of rotatable bonds is 8. The van der Waals surface area contributed by atoms with Crippen LogP contribution in [-0.4, -0.2) is 18.4 Å².